The van der Waals surface area contributed by atoms with Gasteiger partial charge in [-0.25, -0.2) is 9.59 Å². The molecule has 4 aromatic carbocycles. The lowest BCUT2D eigenvalue weighted by molar-refractivity contribution is 0.0687. The van der Waals surface area contributed by atoms with Crippen LogP contribution in [0.1, 0.15) is 33.2 Å². The first-order valence-electron chi connectivity index (χ1n) is 11.0. The van der Waals surface area contributed by atoms with Crippen LogP contribution in [-0.4, -0.2) is 22.2 Å². The standard InChI is InChI=1S/C29H25N3O4/c1-15(2)22-6-3-16(12-25(22)30)19-9-20(17-4-7-23(28(33)34)26(31)13-17)11-21(10-19)18-5-8-24(29(35)36)27(32)14-18/h3-14H,1,30-32H2,2H3,(H,33,34)(H,35,36). The van der Waals surface area contributed by atoms with Crippen LogP contribution < -0.4 is 17.2 Å². The van der Waals surface area contributed by atoms with Crippen LogP contribution in [0.3, 0.4) is 0 Å². The van der Waals surface area contributed by atoms with E-state index in [9.17, 15) is 19.8 Å². The van der Waals surface area contributed by atoms with Gasteiger partial charge < -0.3 is 27.4 Å². The van der Waals surface area contributed by atoms with Crippen molar-refractivity contribution < 1.29 is 19.8 Å². The van der Waals surface area contributed by atoms with E-state index in [0.717, 1.165) is 44.5 Å². The third kappa shape index (κ3) is 4.63. The number of carboxylic acid groups (broad SMARTS) is 2. The van der Waals surface area contributed by atoms with E-state index < -0.39 is 11.9 Å². The van der Waals surface area contributed by atoms with Crippen molar-refractivity contribution in [3.05, 3.63) is 96.1 Å². The van der Waals surface area contributed by atoms with Gasteiger partial charge in [-0.1, -0.05) is 30.8 Å². The molecule has 7 heteroatoms. The number of carbonyl (C=O) groups is 2. The summed E-state index contributed by atoms with van der Waals surface area (Å²) in [6, 6.07) is 21.1. The summed E-state index contributed by atoms with van der Waals surface area (Å²) in [4.78, 5) is 22.8. The predicted octanol–water partition coefficient (Wildman–Crippen LogP) is 5.86. The molecule has 4 aromatic rings. The van der Waals surface area contributed by atoms with Crippen molar-refractivity contribution in [3.63, 3.8) is 0 Å². The van der Waals surface area contributed by atoms with Crippen molar-refractivity contribution in [2.75, 3.05) is 17.2 Å². The van der Waals surface area contributed by atoms with Crippen molar-refractivity contribution >= 4 is 34.6 Å². The third-order valence-electron chi connectivity index (χ3n) is 6.01. The van der Waals surface area contributed by atoms with Gasteiger partial charge in [-0.05, 0) is 100.0 Å². The number of nitrogen functional groups attached to an aromatic ring is 3. The second kappa shape index (κ2) is 9.31. The lowest BCUT2D eigenvalue weighted by Crippen LogP contribution is -2.02. The fourth-order valence-corrected chi connectivity index (χ4v) is 4.13. The summed E-state index contributed by atoms with van der Waals surface area (Å²) < 4.78 is 0. The Balaban J connectivity index is 1.92. The highest BCUT2D eigenvalue weighted by Gasteiger charge is 2.14. The minimum absolute atomic E-state index is 0.0234. The smallest absolute Gasteiger partial charge is 0.337 e. The van der Waals surface area contributed by atoms with E-state index in [1.54, 1.807) is 24.3 Å². The van der Waals surface area contributed by atoms with Gasteiger partial charge in [-0.3, -0.25) is 0 Å². The van der Waals surface area contributed by atoms with E-state index in [2.05, 4.69) is 6.58 Å². The van der Waals surface area contributed by atoms with Crippen molar-refractivity contribution in [2.24, 2.45) is 0 Å². The zero-order valence-corrected chi connectivity index (χ0v) is 19.6. The molecule has 0 unspecified atom stereocenters. The Morgan fingerprint density at radius 1 is 0.556 bits per heavy atom. The Bertz CT molecular complexity index is 1360. The maximum absolute atomic E-state index is 11.4. The maximum atomic E-state index is 11.4. The minimum atomic E-state index is -1.10. The monoisotopic (exact) mass is 479 g/mol. The number of benzene rings is 4. The fraction of sp³-hybridized carbons (Fsp3) is 0.0345. The van der Waals surface area contributed by atoms with E-state index in [1.165, 1.54) is 12.1 Å². The van der Waals surface area contributed by atoms with Gasteiger partial charge in [0.15, 0.2) is 0 Å². The molecule has 180 valence electrons. The Kier molecular flexibility index (Phi) is 6.23. The number of hydrogen-bond donors (Lipinski definition) is 5. The molecule has 0 aromatic heterocycles. The van der Waals surface area contributed by atoms with Crippen LogP contribution in [0.25, 0.3) is 39.0 Å². The van der Waals surface area contributed by atoms with Gasteiger partial charge in [0, 0.05) is 17.1 Å². The molecule has 4 rings (SSSR count). The van der Waals surface area contributed by atoms with Crippen LogP contribution in [0.15, 0.2) is 79.4 Å². The van der Waals surface area contributed by atoms with Crippen LogP contribution in [0.4, 0.5) is 17.1 Å². The highest BCUT2D eigenvalue weighted by atomic mass is 16.4. The SMILES string of the molecule is C=C(C)c1ccc(-c2cc(-c3ccc(C(=O)O)c(N)c3)cc(-c3ccc(C(=O)O)c(N)c3)c2)cc1N. The molecule has 0 fully saturated rings. The molecule has 0 saturated heterocycles. The van der Waals surface area contributed by atoms with E-state index in [1.807, 2.05) is 43.3 Å². The molecule has 0 bridgehead atoms. The largest absolute Gasteiger partial charge is 0.478 e. The van der Waals surface area contributed by atoms with Crippen LogP contribution in [0.5, 0.6) is 0 Å². The van der Waals surface area contributed by atoms with Gasteiger partial charge in [-0.15, -0.1) is 0 Å². The van der Waals surface area contributed by atoms with Crippen LogP contribution in [0, 0.1) is 0 Å². The molecule has 0 aliphatic heterocycles. The summed E-state index contributed by atoms with van der Waals surface area (Å²) in [5, 5.41) is 18.7. The van der Waals surface area contributed by atoms with Crippen molar-refractivity contribution in [2.45, 2.75) is 6.92 Å². The van der Waals surface area contributed by atoms with Crippen LogP contribution in [0.2, 0.25) is 0 Å². The summed E-state index contributed by atoms with van der Waals surface area (Å²) in [7, 11) is 0. The molecule has 0 spiro atoms. The van der Waals surface area contributed by atoms with E-state index >= 15 is 0 Å². The summed E-state index contributed by atoms with van der Waals surface area (Å²) in [6.07, 6.45) is 0. The molecule has 8 N–H and O–H groups in total. The first-order valence-corrected chi connectivity index (χ1v) is 11.0. The fourth-order valence-electron chi connectivity index (χ4n) is 4.13. The van der Waals surface area contributed by atoms with Gasteiger partial charge in [0.25, 0.3) is 0 Å². The van der Waals surface area contributed by atoms with E-state index in [-0.39, 0.29) is 22.5 Å². The van der Waals surface area contributed by atoms with Gasteiger partial charge in [-0.2, -0.15) is 0 Å². The maximum Gasteiger partial charge on any atom is 0.337 e. The number of carboxylic acids is 2. The molecule has 0 amide bonds. The molecular weight excluding hydrogens is 454 g/mol. The van der Waals surface area contributed by atoms with Crippen molar-refractivity contribution in [1.29, 1.82) is 0 Å². The number of nitrogens with two attached hydrogens (primary N) is 3. The lowest BCUT2D eigenvalue weighted by atomic mass is 9.91. The Hall–Kier alpha value is -5.04. The van der Waals surface area contributed by atoms with Crippen LogP contribution in [-0.2, 0) is 0 Å². The normalized spacial score (nSPS) is 10.7. The van der Waals surface area contributed by atoms with Crippen LogP contribution >= 0.6 is 0 Å². The van der Waals surface area contributed by atoms with Gasteiger partial charge in [0.05, 0.1) is 11.1 Å². The average Bonchev–Trinajstić information content (AvgIpc) is 2.82. The van der Waals surface area contributed by atoms with E-state index in [4.69, 9.17) is 17.2 Å². The second-order valence-corrected chi connectivity index (χ2v) is 8.60. The molecular formula is C29H25N3O4. The Morgan fingerprint density at radius 3 is 1.11 bits per heavy atom. The second-order valence-electron chi connectivity index (χ2n) is 8.60. The number of hydrogen-bond acceptors (Lipinski definition) is 5. The minimum Gasteiger partial charge on any atom is -0.478 e. The predicted molar refractivity (Wildman–Crippen MR) is 145 cm³/mol. The van der Waals surface area contributed by atoms with Gasteiger partial charge in [0.1, 0.15) is 0 Å². The average molecular weight is 480 g/mol. The molecule has 36 heavy (non-hydrogen) atoms. The molecule has 0 saturated carbocycles. The number of anilines is 3. The summed E-state index contributed by atoms with van der Waals surface area (Å²) in [6.45, 7) is 5.85. The molecule has 0 heterocycles. The van der Waals surface area contributed by atoms with Crippen molar-refractivity contribution in [1.82, 2.24) is 0 Å². The lowest BCUT2D eigenvalue weighted by Gasteiger charge is -2.14. The topological polar surface area (TPSA) is 153 Å². The van der Waals surface area contributed by atoms with Crippen molar-refractivity contribution in [3.8, 4) is 33.4 Å². The third-order valence-corrected chi connectivity index (χ3v) is 6.01. The summed E-state index contributed by atoms with van der Waals surface area (Å²) in [5.41, 5.74) is 25.7. The summed E-state index contributed by atoms with van der Waals surface area (Å²) >= 11 is 0. The quantitative estimate of drug-likeness (QED) is 0.217. The molecule has 0 radical (unpaired) electrons. The molecule has 7 nitrogen and oxygen atoms in total. The number of aromatic carboxylic acids is 2. The first-order chi connectivity index (χ1) is 17.0. The highest BCUT2D eigenvalue weighted by Crippen LogP contribution is 2.36. The highest BCUT2D eigenvalue weighted by molar-refractivity contribution is 5.96. The Morgan fingerprint density at radius 2 is 0.861 bits per heavy atom. The number of rotatable bonds is 6. The van der Waals surface area contributed by atoms with Gasteiger partial charge in [0.2, 0.25) is 0 Å². The van der Waals surface area contributed by atoms with E-state index in [0.29, 0.717) is 5.69 Å². The zero-order chi connectivity index (χ0) is 26.1. The Labute approximate surface area is 208 Å². The molecule has 0 atom stereocenters. The first kappa shape index (κ1) is 24.1. The number of allylic oxidation sites excluding steroid dienone is 1. The summed E-state index contributed by atoms with van der Waals surface area (Å²) in [5.74, 6) is -2.20. The molecule has 0 aliphatic carbocycles. The molecule has 0 aliphatic rings. The zero-order valence-electron chi connectivity index (χ0n) is 19.6. The van der Waals surface area contributed by atoms with Gasteiger partial charge >= 0.3 is 11.9 Å².